The van der Waals surface area contributed by atoms with Crippen LogP contribution >= 0.6 is 0 Å². The number of aliphatic hydroxyl groups is 1. The summed E-state index contributed by atoms with van der Waals surface area (Å²) >= 11 is 0. The van der Waals surface area contributed by atoms with Crippen molar-refractivity contribution in [2.24, 2.45) is 39.4 Å². The highest BCUT2D eigenvalue weighted by molar-refractivity contribution is 5.40. The fourth-order valence-electron chi connectivity index (χ4n) is 9.40. The SMILES string of the molecule is CC(C)=CCC[C@@H](C)[C@H]1C[C@H](F)[C@@]2(C)C3=C(CC[C@]12C)[C@@]1(C)CCC(O)C(C)(C)C1CC3. The molecule has 8 atom stereocenters. The Hall–Kier alpha value is -0.630. The van der Waals surface area contributed by atoms with Gasteiger partial charge in [0.2, 0.25) is 0 Å². The van der Waals surface area contributed by atoms with Crippen molar-refractivity contribution in [1.82, 2.24) is 0 Å². The van der Waals surface area contributed by atoms with Crippen LogP contribution in [0.4, 0.5) is 4.39 Å². The lowest BCUT2D eigenvalue weighted by molar-refractivity contribution is -0.0979. The maximum Gasteiger partial charge on any atom is 0.110 e. The van der Waals surface area contributed by atoms with E-state index in [9.17, 15) is 5.11 Å². The van der Waals surface area contributed by atoms with Gasteiger partial charge >= 0.3 is 0 Å². The van der Waals surface area contributed by atoms with Crippen molar-refractivity contribution in [2.45, 2.75) is 125 Å². The Kier molecular flexibility index (Phi) is 6.09. The average Bonchev–Trinajstić information content (AvgIpc) is 2.92. The van der Waals surface area contributed by atoms with Gasteiger partial charge in [0, 0.05) is 5.41 Å². The molecule has 0 saturated heterocycles. The molecule has 2 heteroatoms. The first kappa shape index (κ1) is 24.5. The highest BCUT2D eigenvalue weighted by Crippen LogP contribution is 2.73. The molecule has 0 bridgehead atoms. The number of aliphatic hydroxyl groups excluding tert-OH is 1. The molecule has 2 saturated carbocycles. The Balaban J connectivity index is 1.69. The molecule has 0 amide bonds. The standard InChI is InChI=1S/C30H49FO/c1-19(2)10-9-11-20(3)23-18-25(31)30(8)22-12-13-24-27(4,5)26(32)15-16-28(24,6)21(22)14-17-29(23,30)7/h10,20,23-26,32H,9,11-18H2,1-8H3/t20-,23-,24?,25+,26?,28-,29-,30-/m1/s1. The molecule has 1 N–H and O–H groups in total. The first-order valence-corrected chi connectivity index (χ1v) is 13.5. The Labute approximate surface area is 197 Å². The van der Waals surface area contributed by atoms with Gasteiger partial charge in [-0.05, 0) is 106 Å². The molecule has 1 nitrogen and oxygen atoms in total. The number of halogens is 1. The van der Waals surface area contributed by atoms with Crippen LogP contribution in [0.2, 0.25) is 0 Å². The van der Waals surface area contributed by atoms with E-state index in [2.05, 4.69) is 61.5 Å². The monoisotopic (exact) mass is 444 g/mol. The van der Waals surface area contributed by atoms with E-state index in [4.69, 9.17) is 0 Å². The highest BCUT2D eigenvalue weighted by atomic mass is 19.1. The molecule has 0 aromatic carbocycles. The normalized spacial score (nSPS) is 46.2. The van der Waals surface area contributed by atoms with Crippen LogP contribution in [0.25, 0.3) is 0 Å². The maximum absolute atomic E-state index is 16.2. The van der Waals surface area contributed by atoms with Crippen molar-refractivity contribution in [1.29, 1.82) is 0 Å². The van der Waals surface area contributed by atoms with E-state index in [0.717, 1.165) is 51.4 Å². The number of hydrogen-bond acceptors (Lipinski definition) is 1. The van der Waals surface area contributed by atoms with Crippen molar-refractivity contribution in [3.05, 3.63) is 22.8 Å². The van der Waals surface area contributed by atoms with Crippen molar-refractivity contribution < 1.29 is 9.50 Å². The Morgan fingerprint density at radius 3 is 2.41 bits per heavy atom. The quantitative estimate of drug-likeness (QED) is 0.431. The predicted octanol–water partition coefficient (Wildman–Crippen LogP) is 8.43. The Morgan fingerprint density at radius 1 is 1.06 bits per heavy atom. The van der Waals surface area contributed by atoms with Crippen LogP contribution in [0.5, 0.6) is 0 Å². The van der Waals surface area contributed by atoms with E-state index < -0.39 is 6.17 Å². The van der Waals surface area contributed by atoms with Gasteiger partial charge in [0.15, 0.2) is 0 Å². The van der Waals surface area contributed by atoms with Crippen LogP contribution in [-0.4, -0.2) is 17.4 Å². The summed E-state index contributed by atoms with van der Waals surface area (Å²) < 4.78 is 16.2. The van der Waals surface area contributed by atoms with E-state index >= 15 is 4.39 Å². The Bertz CT molecular complexity index is 804. The van der Waals surface area contributed by atoms with Crippen LogP contribution in [0, 0.1) is 39.4 Å². The lowest BCUT2D eigenvalue weighted by atomic mass is 9.43. The zero-order chi connectivity index (χ0) is 23.7. The van der Waals surface area contributed by atoms with E-state index in [1.165, 1.54) is 17.6 Å². The first-order chi connectivity index (χ1) is 14.8. The number of fused-ring (bicyclic) bond motifs is 4. The number of rotatable bonds is 4. The average molecular weight is 445 g/mol. The maximum atomic E-state index is 16.2. The summed E-state index contributed by atoms with van der Waals surface area (Å²) in [7, 11) is 0. The number of allylic oxidation sites excluding steroid dienone is 4. The summed E-state index contributed by atoms with van der Waals surface area (Å²) in [5, 5.41) is 10.8. The van der Waals surface area contributed by atoms with Gasteiger partial charge in [0.25, 0.3) is 0 Å². The molecule has 32 heavy (non-hydrogen) atoms. The van der Waals surface area contributed by atoms with Crippen molar-refractivity contribution in [2.75, 3.05) is 0 Å². The largest absolute Gasteiger partial charge is 0.393 e. The minimum Gasteiger partial charge on any atom is -0.393 e. The summed E-state index contributed by atoms with van der Waals surface area (Å²) in [5.41, 5.74) is 4.32. The molecule has 4 aliphatic rings. The van der Waals surface area contributed by atoms with Gasteiger partial charge in [-0.3, -0.25) is 0 Å². The molecule has 4 rings (SSSR count). The molecule has 2 unspecified atom stereocenters. The minimum atomic E-state index is -0.726. The fraction of sp³-hybridized carbons (Fsp3) is 0.867. The third-order valence-electron chi connectivity index (χ3n) is 11.7. The summed E-state index contributed by atoms with van der Waals surface area (Å²) in [6.45, 7) is 18.5. The van der Waals surface area contributed by atoms with E-state index in [1.54, 1.807) is 5.57 Å². The van der Waals surface area contributed by atoms with E-state index in [1.807, 2.05) is 0 Å². The third kappa shape index (κ3) is 3.24. The van der Waals surface area contributed by atoms with Gasteiger partial charge < -0.3 is 5.11 Å². The van der Waals surface area contributed by atoms with E-state index in [-0.39, 0.29) is 27.8 Å². The third-order valence-corrected chi connectivity index (χ3v) is 11.7. The lowest BCUT2D eigenvalue weighted by Gasteiger charge is -2.62. The van der Waals surface area contributed by atoms with Gasteiger partial charge in [-0.15, -0.1) is 0 Å². The van der Waals surface area contributed by atoms with Crippen LogP contribution in [0.15, 0.2) is 22.8 Å². The summed E-state index contributed by atoms with van der Waals surface area (Å²) in [6, 6.07) is 0. The smallest absolute Gasteiger partial charge is 0.110 e. The topological polar surface area (TPSA) is 20.2 Å². The van der Waals surface area contributed by atoms with Gasteiger partial charge in [-0.25, -0.2) is 4.39 Å². The first-order valence-electron chi connectivity index (χ1n) is 13.5. The molecule has 0 radical (unpaired) electrons. The molecule has 182 valence electrons. The number of hydrogen-bond donors (Lipinski definition) is 1. The van der Waals surface area contributed by atoms with Crippen molar-refractivity contribution >= 4 is 0 Å². The van der Waals surface area contributed by atoms with Gasteiger partial charge in [-0.1, -0.05) is 64.3 Å². The van der Waals surface area contributed by atoms with Crippen LogP contribution in [0.3, 0.4) is 0 Å². The second kappa shape index (κ2) is 7.96. The van der Waals surface area contributed by atoms with Crippen LogP contribution < -0.4 is 0 Å². The minimum absolute atomic E-state index is 0.0556. The predicted molar refractivity (Wildman–Crippen MR) is 133 cm³/mol. The van der Waals surface area contributed by atoms with Crippen molar-refractivity contribution in [3.63, 3.8) is 0 Å². The van der Waals surface area contributed by atoms with Gasteiger partial charge in [-0.2, -0.15) is 0 Å². The number of alkyl halides is 1. The molecule has 0 aromatic rings. The van der Waals surface area contributed by atoms with Crippen LogP contribution in [-0.2, 0) is 0 Å². The fourth-order valence-corrected chi connectivity index (χ4v) is 9.40. The molecule has 0 spiro atoms. The zero-order valence-electron chi connectivity index (χ0n) is 22.2. The van der Waals surface area contributed by atoms with E-state index in [0.29, 0.717) is 17.8 Å². The highest BCUT2D eigenvalue weighted by Gasteiger charge is 2.67. The molecule has 0 aromatic heterocycles. The second-order valence-corrected chi connectivity index (χ2v) is 13.6. The Morgan fingerprint density at radius 2 is 1.75 bits per heavy atom. The molecule has 4 aliphatic carbocycles. The molecular formula is C30H49FO. The molecule has 0 heterocycles. The molecule has 0 aliphatic heterocycles. The van der Waals surface area contributed by atoms with Crippen LogP contribution in [0.1, 0.15) is 113 Å². The zero-order valence-corrected chi connectivity index (χ0v) is 22.2. The summed E-state index contributed by atoms with van der Waals surface area (Å²) in [5.74, 6) is 1.54. The molecule has 2 fully saturated rings. The van der Waals surface area contributed by atoms with Gasteiger partial charge in [0.05, 0.1) is 6.10 Å². The van der Waals surface area contributed by atoms with Gasteiger partial charge in [0.1, 0.15) is 6.17 Å². The summed E-state index contributed by atoms with van der Waals surface area (Å²) in [4.78, 5) is 0. The summed E-state index contributed by atoms with van der Waals surface area (Å²) in [6.07, 6.45) is 10.8. The molecular weight excluding hydrogens is 395 g/mol. The second-order valence-electron chi connectivity index (χ2n) is 13.6. The van der Waals surface area contributed by atoms with Crippen molar-refractivity contribution in [3.8, 4) is 0 Å². The lowest BCUT2D eigenvalue weighted by Crippen LogP contribution is -2.55.